The van der Waals surface area contributed by atoms with Gasteiger partial charge in [-0.15, -0.1) is 0 Å². The van der Waals surface area contributed by atoms with Crippen LogP contribution in [0.4, 0.5) is 5.69 Å². The smallest absolute Gasteiger partial charge is 0.269 e. The number of ether oxygens (including phenoxy) is 1. The Hall–Kier alpha value is -1.72. The molecule has 1 rings (SSSR count). The summed E-state index contributed by atoms with van der Waals surface area (Å²) in [6.45, 7) is 6.55. The van der Waals surface area contributed by atoms with Crippen molar-refractivity contribution in [3.63, 3.8) is 0 Å². The van der Waals surface area contributed by atoms with E-state index in [1.807, 2.05) is 0 Å². The Balaban J connectivity index is 2.72. The summed E-state index contributed by atoms with van der Waals surface area (Å²) < 4.78 is 4.99. The van der Waals surface area contributed by atoms with E-state index >= 15 is 0 Å². The van der Waals surface area contributed by atoms with Gasteiger partial charge in [-0.25, -0.2) is 0 Å². The molecule has 0 aliphatic rings. The molecule has 0 aliphatic heterocycles. The third kappa shape index (κ3) is 5.50. The number of benzene rings is 1. The fourth-order valence-electron chi connectivity index (χ4n) is 1.74. The maximum atomic E-state index is 10.6. The number of rotatable bonds is 8. The lowest BCUT2D eigenvalue weighted by Gasteiger charge is -2.13. The van der Waals surface area contributed by atoms with Crippen LogP contribution in [0.15, 0.2) is 29.8 Å². The van der Waals surface area contributed by atoms with Crippen LogP contribution in [0.2, 0.25) is 0 Å². The fourth-order valence-corrected chi connectivity index (χ4v) is 1.74. The summed E-state index contributed by atoms with van der Waals surface area (Å²) in [5.74, 6) is 0.417. The minimum absolute atomic E-state index is 0.117. The molecular formula is C15H22N2O3. The standard InChI is InChI=1S/C15H22N2O3/c1-12(2)14(11-16-8-9-20-3)10-13-4-6-15(7-5-13)17(18)19/h4-7,10,12,16H,8-9,11H2,1-3H3. The van der Waals surface area contributed by atoms with Crippen LogP contribution in [0.5, 0.6) is 0 Å². The van der Waals surface area contributed by atoms with Gasteiger partial charge in [0.1, 0.15) is 0 Å². The van der Waals surface area contributed by atoms with Gasteiger partial charge in [0.05, 0.1) is 11.5 Å². The molecule has 0 radical (unpaired) electrons. The van der Waals surface area contributed by atoms with E-state index in [0.717, 1.165) is 18.7 Å². The van der Waals surface area contributed by atoms with E-state index in [0.29, 0.717) is 12.5 Å². The first-order valence-electron chi connectivity index (χ1n) is 6.69. The molecule has 0 amide bonds. The Morgan fingerprint density at radius 1 is 1.40 bits per heavy atom. The highest BCUT2D eigenvalue weighted by Crippen LogP contribution is 2.17. The lowest BCUT2D eigenvalue weighted by Crippen LogP contribution is -2.23. The molecule has 0 aromatic heterocycles. The first kappa shape index (κ1) is 16.3. The molecule has 5 heteroatoms. The molecule has 20 heavy (non-hydrogen) atoms. The lowest BCUT2D eigenvalue weighted by molar-refractivity contribution is -0.384. The molecule has 0 spiro atoms. The summed E-state index contributed by atoms with van der Waals surface area (Å²) in [7, 11) is 1.68. The van der Waals surface area contributed by atoms with Gasteiger partial charge < -0.3 is 10.1 Å². The summed E-state index contributed by atoms with van der Waals surface area (Å²) >= 11 is 0. The van der Waals surface area contributed by atoms with Crippen molar-refractivity contribution < 1.29 is 9.66 Å². The number of hydrogen-bond donors (Lipinski definition) is 1. The van der Waals surface area contributed by atoms with Gasteiger partial charge in [-0.2, -0.15) is 0 Å². The predicted octanol–water partition coefficient (Wildman–Crippen LogP) is 2.87. The number of hydrogen-bond acceptors (Lipinski definition) is 4. The van der Waals surface area contributed by atoms with Gasteiger partial charge in [-0.1, -0.05) is 25.5 Å². The zero-order valence-electron chi connectivity index (χ0n) is 12.3. The van der Waals surface area contributed by atoms with Crippen molar-refractivity contribution in [3.05, 3.63) is 45.5 Å². The first-order valence-corrected chi connectivity index (χ1v) is 6.69. The highest BCUT2D eigenvalue weighted by molar-refractivity contribution is 5.55. The molecule has 0 saturated heterocycles. The predicted molar refractivity (Wildman–Crippen MR) is 80.7 cm³/mol. The molecule has 0 heterocycles. The Morgan fingerprint density at radius 3 is 2.55 bits per heavy atom. The minimum atomic E-state index is -0.386. The van der Waals surface area contributed by atoms with E-state index in [1.165, 1.54) is 17.7 Å². The molecule has 5 nitrogen and oxygen atoms in total. The Kier molecular flexibility index (Phi) is 6.90. The molecule has 110 valence electrons. The maximum absolute atomic E-state index is 10.6. The highest BCUT2D eigenvalue weighted by Gasteiger charge is 2.06. The fraction of sp³-hybridized carbons (Fsp3) is 0.467. The van der Waals surface area contributed by atoms with Gasteiger partial charge in [0.15, 0.2) is 0 Å². The van der Waals surface area contributed by atoms with Crippen molar-refractivity contribution in [2.45, 2.75) is 13.8 Å². The van der Waals surface area contributed by atoms with E-state index in [-0.39, 0.29) is 10.6 Å². The number of nitro benzene ring substituents is 1. The van der Waals surface area contributed by atoms with Crippen molar-refractivity contribution in [1.82, 2.24) is 5.32 Å². The van der Waals surface area contributed by atoms with Crippen molar-refractivity contribution in [3.8, 4) is 0 Å². The molecular weight excluding hydrogens is 256 g/mol. The highest BCUT2D eigenvalue weighted by atomic mass is 16.6. The first-order chi connectivity index (χ1) is 9.54. The van der Waals surface area contributed by atoms with Crippen molar-refractivity contribution in [1.29, 1.82) is 0 Å². The molecule has 1 aromatic carbocycles. The number of nitrogens with zero attached hydrogens (tertiary/aromatic N) is 1. The number of methoxy groups -OCH3 is 1. The molecule has 1 N–H and O–H groups in total. The molecule has 0 fully saturated rings. The zero-order chi connectivity index (χ0) is 15.0. The summed E-state index contributed by atoms with van der Waals surface area (Å²) in [5.41, 5.74) is 2.36. The third-order valence-electron chi connectivity index (χ3n) is 3.01. The number of non-ortho nitro benzene ring substituents is 1. The second kappa shape index (κ2) is 8.45. The van der Waals surface area contributed by atoms with Gasteiger partial charge in [0.25, 0.3) is 5.69 Å². The van der Waals surface area contributed by atoms with Gasteiger partial charge in [0, 0.05) is 32.3 Å². The normalized spacial score (nSPS) is 11.9. The molecule has 0 atom stereocenters. The van der Waals surface area contributed by atoms with Gasteiger partial charge >= 0.3 is 0 Å². The van der Waals surface area contributed by atoms with Gasteiger partial charge in [-0.3, -0.25) is 10.1 Å². The molecule has 1 aromatic rings. The number of nitrogens with one attached hydrogen (secondary N) is 1. The topological polar surface area (TPSA) is 64.4 Å². The zero-order valence-corrected chi connectivity index (χ0v) is 12.3. The Morgan fingerprint density at radius 2 is 2.05 bits per heavy atom. The van der Waals surface area contributed by atoms with E-state index in [1.54, 1.807) is 19.2 Å². The van der Waals surface area contributed by atoms with Gasteiger partial charge in [-0.05, 0) is 23.6 Å². The van der Waals surface area contributed by atoms with Gasteiger partial charge in [0.2, 0.25) is 0 Å². The van der Waals surface area contributed by atoms with E-state index in [2.05, 4.69) is 25.2 Å². The maximum Gasteiger partial charge on any atom is 0.269 e. The van der Waals surface area contributed by atoms with Crippen LogP contribution >= 0.6 is 0 Å². The van der Waals surface area contributed by atoms with Crippen molar-refractivity contribution in [2.24, 2.45) is 5.92 Å². The molecule has 0 saturated carbocycles. The molecule has 0 bridgehead atoms. The van der Waals surface area contributed by atoms with E-state index in [4.69, 9.17) is 4.74 Å². The van der Waals surface area contributed by atoms with Crippen LogP contribution in [-0.2, 0) is 4.74 Å². The van der Waals surface area contributed by atoms with Crippen LogP contribution in [0, 0.1) is 16.0 Å². The Bertz CT molecular complexity index is 453. The monoisotopic (exact) mass is 278 g/mol. The molecule has 0 aliphatic carbocycles. The summed E-state index contributed by atoms with van der Waals surface area (Å²) in [5, 5.41) is 13.9. The van der Waals surface area contributed by atoms with Crippen LogP contribution in [-0.4, -0.2) is 31.7 Å². The van der Waals surface area contributed by atoms with Crippen LogP contribution in [0.25, 0.3) is 6.08 Å². The summed E-state index contributed by atoms with van der Waals surface area (Å²) in [6, 6.07) is 6.61. The Labute approximate surface area is 119 Å². The molecule has 0 unspecified atom stereocenters. The van der Waals surface area contributed by atoms with E-state index in [9.17, 15) is 10.1 Å². The third-order valence-corrected chi connectivity index (χ3v) is 3.01. The van der Waals surface area contributed by atoms with Crippen LogP contribution in [0.1, 0.15) is 19.4 Å². The summed E-state index contributed by atoms with van der Waals surface area (Å²) in [4.78, 5) is 10.2. The van der Waals surface area contributed by atoms with E-state index < -0.39 is 0 Å². The number of nitro groups is 1. The average Bonchev–Trinajstić information content (AvgIpc) is 2.42. The van der Waals surface area contributed by atoms with Crippen molar-refractivity contribution >= 4 is 11.8 Å². The SMILES string of the molecule is COCCNCC(=Cc1ccc([N+](=O)[O-])cc1)C(C)C. The quantitative estimate of drug-likeness (QED) is 0.451. The second-order valence-electron chi connectivity index (χ2n) is 4.89. The summed E-state index contributed by atoms with van der Waals surface area (Å²) in [6.07, 6.45) is 2.08. The van der Waals surface area contributed by atoms with Crippen molar-refractivity contribution in [2.75, 3.05) is 26.8 Å². The lowest BCUT2D eigenvalue weighted by atomic mass is 10.00. The van der Waals surface area contributed by atoms with Crippen LogP contribution in [0.3, 0.4) is 0 Å². The minimum Gasteiger partial charge on any atom is -0.383 e. The largest absolute Gasteiger partial charge is 0.383 e. The second-order valence-corrected chi connectivity index (χ2v) is 4.89. The van der Waals surface area contributed by atoms with Crippen LogP contribution < -0.4 is 5.32 Å². The average molecular weight is 278 g/mol.